The Morgan fingerprint density at radius 1 is 1.08 bits per heavy atom. The van der Waals surface area contributed by atoms with Crippen molar-refractivity contribution >= 4 is 11.0 Å². The molecule has 0 saturated carbocycles. The lowest BCUT2D eigenvalue weighted by molar-refractivity contribution is 0.0972. The lowest BCUT2D eigenvalue weighted by Crippen LogP contribution is -2.23. The third-order valence-electron chi connectivity index (χ3n) is 4.12. The third kappa shape index (κ3) is 2.57. The summed E-state index contributed by atoms with van der Waals surface area (Å²) in [6.45, 7) is 2.18. The SMILES string of the molecule is CC(O)(c1ccccc1)c1cn(Cc2nc3ccccc3[nH]2)nn1. The van der Waals surface area contributed by atoms with Crippen LogP contribution in [0.4, 0.5) is 0 Å². The fraction of sp³-hybridized carbons (Fsp3) is 0.167. The van der Waals surface area contributed by atoms with E-state index in [2.05, 4.69) is 20.3 Å². The first-order valence-electron chi connectivity index (χ1n) is 7.75. The van der Waals surface area contributed by atoms with Crippen LogP contribution in [-0.2, 0) is 12.1 Å². The maximum Gasteiger partial charge on any atom is 0.132 e. The number of rotatable bonds is 4. The first-order valence-corrected chi connectivity index (χ1v) is 7.75. The van der Waals surface area contributed by atoms with Crippen LogP contribution >= 0.6 is 0 Å². The minimum atomic E-state index is -1.19. The Bertz CT molecular complexity index is 938. The number of hydrogen-bond donors (Lipinski definition) is 2. The minimum Gasteiger partial charge on any atom is -0.379 e. The van der Waals surface area contributed by atoms with E-state index in [0.29, 0.717) is 12.2 Å². The Hall–Kier alpha value is -2.99. The molecule has 2 heterocycles. The van der Waals surface area contributed by atoms with Crippen LogP contribution in [-0.4, -0.2) is 30.1 Å². The molecule has 4 rings (SSSR count). The van der Waals surface area contributed by atoms with E-state index < -0.39 is 5.60 Å². The molecule has 6 heteroatoms. The molecule has 0 bridgehead atoms. The minimum absolute atomic E-state index is 0.465. The Labute approximate surface area is 138 Å². The predicted molar refractivity (Wildman–Crippen MR) is 90.3 cm³/mol. The molecule has 6 nitrogen and oxygen atoms in total. The van der Waals surface area contributed by atoms with Crippen LogP contribution in [0.3, 0.4) is 0 Å². The normalized spacial score (nSPS) is 13.9. The molecule has 1 unspecified atom stereocenters. The van der Waals surface area contributed by atoms with Crippen LogP contribution in [0.1, 0.15) is 24.0 Å². The maximum absolute atomic E-state index is 10.8. The summed E-state index contributed by atoms with van der Waals surface area (Å²) in [6.07, 6.45) is 1.75. The number of aromatic nitrogens is 5. The molecular formula is C18H17N5O. The van der Waals surface area contributed by atoms with Crippen molar-refractivity contribution in [2.24, 2.45) is 0 Å². The quantitative estimate of drug-likeness (QED) is 0.605. The van der Waals surface area contributed by atoms with Crippen LogP contribution in [0.2, 0.25) is 0 Å². The molecule has 2 N–H and O–H groups in total. The topological polar surface area (TPSA) is 79.6 Å². The zero-order chi connectivity index (χ0) is 16.6. The fourth-order valence-electron chi connectivity index (χ4n) is 2.74. The molecule has 0 radical (unpaired) electrons. The van der Waals surface area contributed by atoms with Gasteiger partial charge in [-0.2, -0.15) is 0 Å². The van der Waals surface area contributed by atoms with Crippen LogP contribution in [0.15, 0.2) is 60.8 Å². The fourth-order valence-corrected chi connectivity index (χ4v) is 2.74. The highest BCUT2D eigenvalue weighted by molar-refractivity contribution is 5.74. The zero-order valence-electron chi connectivity index (χ0n) is 13.2. The highest BCUT2D eigenvalue weighted by Gasteiger charge is 2.28. The van der Waals surface area contributed by atoms with Gasteiger partial charge < -0.3 is 10.1 Å². The maximum atomic E-state index is 10.8. The van der Waals surface area contributed by atoms with Gasteiger partial charge in [-0.1, -0.05) is 47.7 Å². The summed E-state index contributed by atoms with van der Waals surface area (Å²) in [5, 5.41) is 19.1. The van der Waals surface area contributed by atoms with E-state index in [1.807, 2.05) is 54.6 Å². The van der Waals surface area contributed by atoms with Crippen molar-refractivity contribution in [3.8, 4) is 0 Å². The lowest BCUT2D eigenvalue weighted by atomic mass is 9.93. The summed E-state index contributed by atoms with van der Waals surface area (Å²) < 4.78 is 1.67. The van der Waals surface area contributed by atoms with Crippen LogP contribution in [0, 0.1) is 0 Å². The van der Waals surface area contributed by atoms with Gasteiger partial charge in [-0.15, -0.1) is 5.10 Å². The van der Waals surface area contributed by atoms with E-state index in [9.17, 15) is 5.11 Å². The standard InChI is InChI=1S/C18H17N5O/c1-18(24,13-7-3-2-4-8-13)16-11-23(22-21-16)12-17-19-14-9-5-6-10-15(14)20-17/h2-11,24H,12H2,1H3,(H,19,20). The number of nitrogens with zero attached hydrogens (tertiary/aromatic N) is 4. The summed E-state index contributed by atoms with van der Waals surface area (Å²) in [7, 11) is 0. The molecule has 2 aromatic heterocycles. The average Bonchev–Trinajstić information content (AvgIpc) is 3.22. The second kappa shape index (κ2) is 5.58. The Kier molecular flexibility index (Phi) is 3.39. The Morgan fingerprint density at radius 2 is 1.83 bits per heavy atom. The molecule has 0 aliphatic heterocycles. The highest BCUT2D eigenvalue weighted by Crippen LogP contribution is 2.26. The van der Waals surface area contributed by atoms with Gasteiger partial charge in [0.1, 0.15) is 23.7 Å². The van der Waals surface area contributed by atoms with Crippen molar-refractivity contribution in [1.29, 1.82) is 0 Å². The first kappa shape index (κ1) is 14.6. The number of imidazole rings is 1. The van der Waals surface area contributed by atoms with E-state index in [1.54, 1.807) is 17.8 Å². The van der Waals surface area contributed by atoms with Gasteiger partial charge in [-0.25, -0.2) is 9.67 Å². The first-order chi connectivity index (χ1) is 11.6. The van der Waals surface area contributed by atoms with Crippen molar-refractivity contribution in [2.75, 3.05) is 0 Å². The molecule has 0 spiro atoms. The van der Waals surface area contributed by atoms with Crippen molar-refractivity contribution in [1.82, 2.24) is 25.0 Å². The van der Waals surface area contributed by atoms with E-state index >= 15 is 0 Å². The Balaban J connectivity index is 1.60. The zero-order valence-corrected chi connectivity index (χ0v) is 13.2. The number of hydrogen-bond acceptors (Lipinski definition) is 4. The van der Waals surface area contributed by atoms with Gasteiger partial charge in [-0.05, 0) is 24.6 Å². The van der Waals surface area contributed by atoms with Crippen LogP contribution in [0.5, 0.6) is 0 Å². The summed E-state index contributed by atoms with van der Waals surface area (Å²) in [4.78, 5) is 7.79. The van der Waals surface area contributed by atoms with Gasteiger partial charge in [0.25, 0.3) is 0 Å². The molecule has 24 heavy (non-hydrogen) atoms. The number of nitrogens with one attached hydrogen (secondary N) is 1. The number of para-hydroxylation sites is 2. The molecule has 0 saturated heterocycles. The molecular weight excluding hydrogens is 302 g/mol. The summed E-state index contributed by atoms with van der Waals surface area (Å²) in [6, 6.07) is 17.3. The second-order valence-corrected chi connectivity index (χ2v) is 5.94. The third-order valence-corrected chi connectivity index (χ3v) is 4.12. The number of fused-ring (bicyclic) bond motifs is 1. The van der Waals surface area contributed by atoms with E-state index in [4.69, 9.17) is 0 Å². The molecule has 0 aliphatic carbocycles. The van der Waals surface area contributed by atoms with Gasteiger partial charge in [0.05, 0.1) is 17.2 Å². The number of H-pyrrole nitrogens is 1. The molecule has 0 amide bonds. The monoisotopic (exact) mass is 319 g/mol. The molecule has 1 atom stereocenters. The summed E-state index contributed by atoms with van der Waals surface area (Å²) in [5.41, 5.74) is 2.01. The molecule has 0 aliphatic rings. The molecule has 0 fully saturated rings. The largest absolute Gasteiger partial charge is 0.379 e. The van der Waals surface area contributed by atoms with Crippen molar-refractivity contribution in [2.45, 2.75) is 19.1 Å². The second-order valence-electron chi connectivity index (χ2n) is 5.94. The summed E-state index contributed by atoms with van der Waals surface area (Å²) >= 11 is 0. The van der Waals surface area contributed by atoms with Gasteiger partial charge in [0, 0.05) is 0 Å². The predicted octanol–water partition coefficient (Wildman–Crippen LogP) is 2.46. The average molecular weight is 319 g/mol. The highest BCUT2D eigenvalue weighted by atomic mass is 16.3. The Morgan fingerprint density at radius 3 is 2.62 bits per heavy atom. The number of aliphatic hydroxyl groups is 1. The van der Waals surface area contributed by atoms with Crippen LogP contribution < -0.4 is 0 Å². The molecule has 120 valence electrons. The summed E-state index contributed by atoms with van der Waals surface area (Å²) in [5.74, 6) is 0.798. The number of aromatic amines is 1. The van der Waals surface area contributed by atoms with Gasteiger partial charge >= 0.3 is 0 Å². The molecule has 4 aromatic rings. The van der Waals surface area contributed by atoms with Crippen LogP contribution in [0.25, 0.3) is 11.0 Å². The number of benzene rings is 2. The lowest BCUT2D eigenvalue weighted by Gasteiger charge is -2.20. The van der Waals surface area contributed by atoms with Gasteiger partial charge in [0.2, 0.25) is 0 Å². The van der Waals surface area contributed by atoms with E-state index in [-0.39, 0.29) is 0 Å². The van der Waals surface area contributed by atoms with Gasteiger partial charge in [-0.3, -0.25) is 0 Å². The molecule has 2 aromatic carbocycles. The smallest absolute Gasteiger partial charge is 0.132 e. The van der Waals surface area contributed by atoms with Crippen molar-refractivity contribution in [3.63, 3.8) is 0 Å². The van der Waals surface area contributed by atoms with Crippen molar-refractivity contribution < 1.29 is 5.11 Å². The van der Waals surface area contributed by atoms with E-state index in [1.165, 1.54) is 0 Å². The van der Waals surface area contributed by atoms with E-state index in [0.717, 1.165) is 22.4 Å². The van der Waals surface area contributed by atoms with Gasteiger partial charge in [0.15, 0.2) is 0 Å². The van der Waals surface area contributed by atoms with Crippen molar-refractivity contribution in [3.05, 3.63) is 77.9 Å².